The molecule has 4 aromatic rings. The van der Waals surface area contributed by atoms with Crippen molar-refractivity contribution in [3.05, 3.63) is 130 Å². The van der Waals surface area contributed by atoms with E-state index >= 15 is 0 Å². The van der Waals surface area contributed by atoms with Crippen LogP contribution in [0.1, 0.15) is 48.8 Å². The van der Waals surface area contributed by atoms with Crippen molar-refractivity contribution >= 4 is 50.7 Å². The van der Waals surface area contributed by atoms with Gasteiger partial charge in [-0.2, -0.15) is 0 Å². The molecule has 0 radical (unpaired) electrons. The second kappa shape index (κ2) is 15.8. The first-order chi connectivity index (χ1) is 22.6. The summed E-state index contributed by atoms with van der Waals surface area (Å²) in [7, 11) is -4.22. The van der Waals surface area contributed by atoms with Crippen LogP contribution in [0.5, 0.6) is 0 Å². The number of amides is 2. The third-order valence-corrected chi connectivity index (χ3v) is 11.0. The molecule has 0 heterocycles. The molecule has 1 aliphatic carbocycles. The third-order valence-electron chi connectivity index (χ3n) is 8.61. The van der Waals surface area contributed by atoms with Crippen LogP contribution in [-0.4, -0.2) is 43.8 Å². The molecular weight excluding hydrogens is 653 g/mol. The number of rotatable bonds is 12. The molecule has 4 aromatic carbocycles. The second-order valence-corrected chi connectivity index (χ2v) is 14.6. The lowest BCUT2D eigenvalue weighted by atomic mass is 9.94. The Morgan fingerprint density at radius 3 is 2.11 bits per heavy atom. The molecule has 1 unspecified atom stereocenters. The number of anilines is 1. The number of carbonyl (C=O) groups is 2. The van der Waals surface area contributed by atoms with Crippen molar-refractivity contribution in [2.75, 3.05) is 10.8 Å². The molecule has 0 aromatic heterocycles. The molecule has 0 saturated heterocycles. The van der Waals surface area contributed by atoms with Crippen LogP contribution < -0.4 is 9.62 Å². The van der Waals surface area contributed by atoms with E-state index in [9.17, 15) is 18.0 Å². The quantitative estimate of drug-likeness (QED) is 0.166. The average Bonchev–Trinajstić information content (AvgIpc) is 3.08. The maximum absolute atomic E-state index is 14.7. The van der Waals surface area contributed by atoms with Crippen LogP contribution >= 0.6 is 23.2 Å². The minimum atomic E-state index is -4.22. The van der Waals surface area contributed by atoms with Gasteiger partial charge in [0.1, 0.15) is 12.6 Å². The first-order valence-corrected chi connectivity index (χ1v) is 18.0. The average molecular weight is 693 g/mol. The Morgan fingerprint density at radius 2 is 1.45 bits per heavy atom. The van der Waals surface area contributed by atoms with Gasteiger partial charge in [-0.1, -0.05) is 109 Å². The summed E-state index contributed by atoms with van der Waals surface area (Å²) in [4.78, 5) is 30.4. The topological polar surface area (TPSA) is 86.8 Å². The third kappa shape index (κ3) is 8.74. The standard InChI is InChI=1S/C37H39Cl2N3O4S/c1-27-33(39)18-11-19-34(27)42(47(45,46)32-16-9-4-10-17-32)26-36(43)41(25-29-20-22-30(38)23-21-29)35(24-28-12-5-2-6-13-28)37(44)40-31-14-7-3-8-15-31/h2,4-6,9-13,16-23,31,35H,3,7-8,14-15,24-26H2,1H3,(H,40,44). The van der Waals surface area contributed by atoms with Gasteiger partial charge in [0, 0.05) is 29.1 Å². The van der Waals surface area contributed by atoms with Gasteiger partial charge >= 0.3 is 0 Å². The SMILES string of the molecule is Cc1c(Cl)cccc1N(CC(=O)N(Cc1ccc(Cl)cc1)C(Cc1ccccc1)C(=O)NC1CCCCC1)S(=O)(=O)c1ccccc1. The van der Waals surface area contributed by atoms with Crippen LogP contribution in [0.3, 0.4) is 0 Å². The first kappa shape index (κ1) is 34.5. The number of hydrogen-bond acceptors (Lipinski definition) is 4. The highest BCUT2D eigenvalue weighted by Crippen LogP contribution is 2.31. The van der Waals surface area contributed by atoms with Crippen LogP contribution in [0.2, 0.25) is 10.0 Å². The van der Waals surface area contributed by atoms with Crippen molar-refractivity contribution in [1.29, 1.82) is 0 Å². The van der Waals surface area contributed by atoms with Crippen LogP contribution in [0.25, 0.3) is 0 Å². The van der Waals surface area contributed by atoms with Crippen molar-refractivity contribution < 1.29 is 18.0 Å². The Morgan fingerprint density at radius 1 is 0.809 bits per heavy atom. The lowest BCUT2D eigenvalue weighted by molar-refractivity contribution is -0.140. The lowest BCUT2D eigenvalue weighted by Crippen LogP contribution is -2.55. The van der Waals surface area contributed by atoms with E-state index in [1.807, 2.05) is 30.3 Å². The molecular formula is C37H39Cl2N3O4S. The maximum Gasteiger partial charge on any atom is 0.264 e. The summed E-state index contributed by atoms with van der Waals surface area (Å²) in [5, 5.41) is 4.14. The van der Waals surface area contributed by atoms with Gasteiger partial charge in [-0.05, 0) is 72.9 Å². The van der Waals surface area contributed by atoms with Gasteiger partial charge in [-0.15, -0.1) is 0 Å². The zero-order valence-electron chi connectivity index (χ0n) is 26.3. The number of nitrogens with one attached hydrogen (secondary N) is 1. The zero-order valence-corrected chi connectivity index (χ0v) is 28.6. The van der Waals surface area contributed by atoms with Gasteiger partial charge in [-0.25, -0.2) is 8.42 Å². The number of carbonyl (C=O) groups excluding carboxylic acids is 2. The van der Waals surface area contributed by atoms with Crippen LogP contribution in [0.4, 0.5) is 5.69 Å². The van der Waals surface area contributed by atoms with Gasteiger partial charge < -0.3 is 10.2 Å². The fraction of sp³-hybridized carbons (Fsp3) is 0.297. The Hall–Kier alpha value is -3.85. The molecule has 1 fully saturated rings. The van der Waals surface area contributed by atoms with E-state index in [1.54, 1.807) is 67.6 Å². The monoisotopic (exact) mass is 691 g/mol. The van der Waals surface area contributed by atoms with E-state index in [0.717, 1.165) is 47.5 Å². The highest BCUT2D eigenvalue weighted by atomic mass is 35.5. The zero-order chi connectivity index (χ0) is 33.4. The van der Waals surface area contributed by atoms with Crippen molar-refractivity contribution in [3.8, 4) is 0 Å². The van der Waals surface area contributed by atoms with E-state index in [4.69, 9.17) is 23.2 Å². The molecule has 5 rings (SSSR count). The number of hydrogen-bond donors (Lipinski definition) is 1. The van der Waals surface area contributed by atoms with Crippen molar-refractivity contribution in [1.82, 2.24) is 10.2 Å². The normalized spacial score (nSPS) is 14.3. The number of halogens is 2. The molecule has 0 spiro atoms. The van der Waals surface area contributed by atoms with Crippen molar-refractivity contribution in [2.45, 2.75) is 69.0 Å². The summed E-state index contributed by atoms with van der Waals surface area (Å²) in [5.74, 6) is -0.793. The second-order valence-electron chi connectivity index (χ2n) is 11.9. The van der Waals surface area contributed by atoms with E-state index < -0.39 is 28.5 Å². The van der Waals surface area contributed by atoms with Crippen molar-refractivity contribution in [2.24, 2.45) is 0 Å². The van der Waals surface area contributed by atoms with E-state index in [1.165, 1.54) is 17.0 Å². The number of benzene rings is 4. The van der Waals surface area contributed by atoms with E-state index in [0.29, 0.717) is 15.6 Å². The maximum atomic E-state index is 14.7. The summed E-state index contributed by atoms with van der Waals surface area (Å²) in [5.41, 5.74) is 2.43. The molecule has 246 valence electrons. The van der Waals surface area contributed by atoms with Gasteiger partial charge in [0.25, 0.3) is 10.0 Å². The summed E-state index contributed by atoms with van der Waals surface area (Å²) in [6, 6.07) is 28.7. The summed E-state index contributed by atoms with van der Waals surface area (Å²) >= 11 is 12.7. The molecule has 2 amide bonds. The Kier molecular flexibility index (Phi) is 11.6. The molecule has 1 N–H and O–H groups in total. The highest BCUT2D eigenvalue weighted by molar-refractivity contribution is 7.92. The summed E-state index contributed by atoms with van der Waals surface area (Å²) in [6.07, 6.45) is 5.22. The number of nitrogens with zero attached hydrogens (tertiary/aromatic N) is 2. The summed E-state index contributed by atoms with van der Waals surface area (Å²) < 4.78 is 29.5. The highest BCUT2D eigenvalue weighted by Gasteiger charge is 2.36. The van der Waals surface area contributed by atoms with E-state index in [2.05, 4.69) is 5.32 Å². The molecule has 1 saturated carbocycles. The molecule has 10 heteroatoms. The fourth-order valence-electron chi connectivity index (χ4n) is 5.98. The smallest absolute Gasteiger partial charge is 0.264 e. The van der Waals surface area contributed by atoms with Gasteiger partial charge in [-0.3, -0.25) is 13.9 Å². The van der Waals surface area contributed by atoms with Gasteiger partial charge in [0.15, 0.2) is 0 Å². The van der Waals surface area contributed by atoms with Crippen molar-refractivity contribution in [3.63, 3.8) is 0 Å². The molecule has 47 heavy (non-hydrogen) atoms. The van der Waals surface area contributed by atoms with E-state index in [-0.39, 0.29) is 35.5 Å². The molecule has 1 aliphatic rings. The fourth-order valence-corrected chi connectivity index (χ4v) is 7.77. The predicted molar refractivity (Wildman–Crippen MR) is 188 cm³/mol. The Balaban J connectivity index is 1.58. The molecule has 7 nitrogen and oxygen atoms in total. The van der Waals surface area contributed by atoms with Crippen LogP contribution in [0.15, 0.2) is 108 Å². The minimum Gasteiger partial charge on any atom is -0.352 e. The molecule has 1 atom stereocenters. The lowest BCUT2D eigenvalue weighted by Gasteiger charge is -2.35. The molecule has 0 bridgehead atoms. The first-order valence-electron chi connectivity index (χ1n) is 15.8. The minimum absolute atomic E-state index is 0.0195. The van der Waals surface area contributed by atoms with Gasteiger partial charge in [0.05, 0.1) is 10.6 Å². The van der Waals surface area contributed by atoms with Crippen LogP contribution in [-0.2, 0) is 32.6 Å². The predicted octanol–water partition coefficient (Wildman–Crippen LogP) is 7.59. The Bertz CT molecular complexity index is 1760. The number of sulfonamides is 1. The largest absolute Gasteiger partial charge is 0.352 e. The van der Waals surface area contributed by atoms with Gasteiger partial charge in [0.2, 0.25) is 11.8 Å². The molecule has 0 aliphatic heterocycles. The Labute approximate surface area is 287 Å². The van der Waals surface area contributed by atoms with Crippen LogP contribution in [0, 0.1) is 6.92 Å². The summed E-state index contributed by atoms with van der Waals surface area (Å²) in [6.45, 7) is 1.24.